The third kappa shape index (κ3) is 7.25. The Morgan fingerprint density at radius 2 is 0.833 bits per heavy atom. The van der Waals surface area contributed by atoms with Crippen molar-refractivity contribution in [1.29, 1.82) is 0 Å². The molecule has 78 heavy (non-hydrogen) atoms. The second-order valence-corrected chi connectivity index (χ2v) is 22.2. The Hall–Kier alpha value is -9.19. The zero-order valence-electron chi connectivity index (χ0n) is 44.0. The van der Waals surface area contributed by atoms with Crippen molar-refractivity contribution in [1.82, 2.24) is 4.98 Å². The van der Waals surface area contributed by atoms with Crippen LogP contribution in [0.3, 0.4) is 0 Å². The molecule has 0 spiro atoms. The van der Waals surface area contributed by atoms with Crippen LogP contribution >= 0.6 is 0 Å². The van der Waals surface area contributed by atoms with E-state index in [0.717, 1.165) is 24.2 Å². The van der Waals surface area contributed by atoms with Crippen LogP contribution in [-0.2, 0) is 5.41 Å². The van der Waals surface area contributed by atoms with Crippen LogP contribution in [0.4, 0.5) is 45.5 Å². The van der Waals surface area contributed by atoms with Crippen LogP contribution < -0.4 is 31.1 Å². The van der Waals surface area contributed by atoms with E-state index >= 15 is 0 Å². The maximum absolute atomic E-state index is 4.39. The van der Waals surface area contributed by atoms with Crippen molar-refractivity contribution >= 4 is 68.6 Å². The summed E-state index contributed by atoms with van der Waals surface area (Å²) in [5.41, 5.74) is 26.5. The van der Waals surface area contributed by atoms with Crippen molar-refractivity contribution in [2.45, 2.75) is 50.5 Å². The fourth-order valence-electron chi connectivity index (χ4n) is 14.0. The molecule has 372 valence electrons. The second-order valence-electron chi connectivity index (χ2n) is 22.2. The number of nitrogens with zero attached hydrogens (tertiary/aromatic N) is 4. The predicted octanol–water partition coefficient (Wildman–Crippen LogP) is 17.2. The van der Waals surface area contributed by atoms with Crippen molar-refractivity contribution in [2.24, 2.45) is 0 Å². The molecule has 1 aromatic heterocycles. The number of pyridine rings is 1. The van der Waals surface area contributed by atoms with Gasteiger partial charge in [-0.25, -0.2) is 0 Å². The minimum Gasteiger partial charge on any atom is -0.334 e. The van der Waals surface area contributed by atoms with Gasteiger partial charge in [0.1, 0.15) is 0 Å². The molecule has 3 aliphatic heterocycles. The maximum atomic E-state index is 4.39. The second kappa shape index (κ2) is 18.2. The van der Waals surface area contributed by atoms with Gasteiger partial charge in [0.25, 0.3) is 6.71 Å². The first-order valence-corrected chi connectivity index (χ1v) is 27.8. The van der Waals surface area contributed by atoms with Crippen LogP contribution in [0.2, 0.25) is 0 Å². The highest BCUT2D eigenvalue weighted by Crippen LogP contribution is 2.62. The lowest BCUT2D eigenvalue weighted by molar-refractivity contribution is 0.195. The summed E-state index contributed by atoms with van der Waals surface area (Å²) in [5, 5.41) is 0. The summed E-state index contributed by atoms with van der Waals surface area (Å²) in [5.74, 6) is 0. The van der Waals surface area contributed by atoms with E-state index in [0.29, 0.717) is 0 Å². The number of benzene rings is 10. The third-order valence-electron chi connectivity index (χ3n) is 18.1. The molecule has 2 atom stereocenters. The first kappa shape index (κ1) is 46.1. The molecule has 1 saturated carbocycles. The molecule has 2 unspecified atom stereocenters. The minimum atomic E-state index is -0.213. The van der Waals surface area contributed by atoms with Crippen LogP contribution in [0.5, 0.6) is 0 Å². The van der Waals surface area contributed by atoms with Crippen LogP contribution in [0.25, 0.3) is 55.6 Å². The van der Waals surface area contributed by atoms with Crippen molar-refractivity contribution in [3.05, 3.63) is 267 Å². The van der Waals surface area contributed by atoms with Crippen LogP contribution in [-0.4, -0.2) is 17.2 Å². The summed E-state index contributed by atoms with van der Waals surface area (Å²) in [6.07, 6.45) is 8.42. The molecule has 4 heterocycles. The van der Waals surface area contributed by atoms with E-state index in [1.165, 1.54) is 125 Å². The summed E-state index contributed by atoms with van der Waals surface area (Å²) in [6.45, 7) is 5.04. The quantitative estimate of drug-likeness (QED) is 0.142. The lowest BCUT2D eigenvalue weighted by Crippen LogP contribution is -2.61. The topological polar surface area (TPSA) is 22.6 Å². The first-order chi connectivity index (χ1) is 38.4. The molecule has 0 radical (unpaired) electrons. The van der Waals surface area contributed by atoms with Gasteiger partial charge in [-0.15, -0.1) is 0 Å². The Labute approximate surface area is 458 Å². The van der Waals surface area contributed by atoms with Gasteiger partial charge in [-0.3, -0.25) is 4.98 Å². The summed E-state index contributed by atoms with van der Waals surface area (Å²) < 4.78 is 0. The highest BCUT2D eigenvalue weighted by atomic mass is 15.3. The molecule has 1 aliphatic carbocycles. The fraction of sp³-hybridized carbons (Fsp3) is 0.110. The summed E-state index contributed by atoms with van der Waals surface area (Å²) in [6, 6.07) is 93.1. The monoisotopic (exact) mass is 1000 g/mol. The molecule has 1 fully saturated rings. The van der Waals surface area contributed by atoms with Gasteiger partial charge < -0.3 is 14.7 Å². The minimum absolute atomic E-state index is 0.0831. The highest BCUT2D eigenvalue weighted by Gasteiger charge is 2.58. The molecule has 15 rings (SSSR count). The van der Waals surface area contributed by atoms with Gasteiger partial charge >= 0.3 is 0 Å². The number of anilines is 8. The Morgan fingerprint density at radius 3 is 1.47 bits per heavy atom. The lowest BCUT2D eigenvalue weighted by Gasteiger charge is -2.51. The van der Waals surface area contributed by atoms with Crippen LogP contribution in [0.1, 0.15) is 45.1 Å². The molecule has 0 amide bonds. The van der Waals surface area contributed by atoms with Crippen molar-refractivity contribution < 1.29 is 0 Å². The molecule has 4 aliphatic rings. The molecule has 0 N–H and O–H groups in total. The number of hydrogen-bond acceptors (Lipinski definition) is 4. The molecule has 4 nitrogen and oxygen atoms in total. The maximum Gasteiger partial charge on any atom is 0.252 e. The Kier molecular flexibility index (Phi) is 10.8. The van der Waals surface area contributed by atoms with Crippen molar-refractivity contribution in [2.75, 3.05) is 14.7 Å². The number of fused-ring (bicyclic) bond motifs is 7. The van der Waals surface area contributed by atoms with Crippen LogP contribution in [0, 0.1) is 0 Å². The normalized spacial score (nSPS) is 17.7. The lowest BCUT2D eigenvalue weighted by atomic mass is 9.33. The SMILES string of the molecule is CC12CCCCC1(C)N(c1cc3c4c(c1)N(c1cccc(-c5ccccc5)c1)c1cc(-c5ccccc5)ccc1B4c1cc(-c4ccccc4)ccc1N3c1ccc(-c3ccccc3)cc1)c1ccc(-c3ccncc3)cc12. The van der Waals surface area contributed by atoms with Gasteiger partial charge in [-0.2, -0.15) is 0 Å². The number of rotatable bonds is 8. The first-order valence-electron chi connectivity index (χ1n) is 27.8. The molecular weight excluding hydrogens is 944 g/mol. The Morgan fingerprint density at radius 1 is 0.346 bits per heavy atom. The molecule has 11 aromatic rings. The zero-order valence-corrected chi connectivity index (χ0v) is 44.0. The van der Waals surface area contributed by atoms with Gasteiger partial charge in [0.2, 0.25) is 0 Å². The van der Waals surface area contributed by atoms with Gasteiger partial charge in [-0.1, -0.05) is 196 Å². The summed E-state index contributed by atoms with van der Waals surface area (Å²) >= 11 is 0. The summed E-state index contributed by atoms with van der Waals surface area (Å²) in [7, 11) is 0. The molecule has 5 heteroatoms. The highest BCUT2D eigenvalue weighted by molar-refractivity contribution is 7.00. The molecule has 0 saturated heterocycles. The number of aromatic nitrogens is 1. The standard InChI is InChI=1S/C73H57BN4/c1-72-40-15-16-41-73(72,2)78(66-36-31-57(45-63(66)72)55-38-42-75-43-39-55)62-48-69-71-70(49-62)77(61-27-17-26-56(44-61)51-20-9-4-10-21-51)68-47-59(53-24-13-6-14-25-53)30-35-64(68)74(71)65-46-58(52-22-11-5-12-23-52)32-37-67(65)76(69)60-33-28-54(29-34-60)50-18-7-3-8-19-50/h3-14,17-39,42-49H,15-16,40-41H2,1-2H3. The zero-order chi connectivity index (χ0) is 52.0. The third-order valence-corrected chi connectivity index (χ3v) is 18.1. The largest absolute Gasteiger partial charge is 0.334 e. The van der Waals surface area contributed by atoms with E-state index in [-0.39, 0.29) is 17.7 Å². The van der Waals surface area contributed by atoms with E-state index in [1.54, 1.807) is 0 Å². The average Bonchev–Trinajstić information content (AvgIpc) is 3.52. The molecule has 0 bridgehead atoms. The van der Waals surface area contributed by atoms with E-state index in [2.05, 4.69) is 282 Å². The van der Waals surface area contributed by atoms with Crippen molar-refractivity contribution in [3.8, 4) is 55.6 Å². The van der Waals surface area contributed by atoms with Gasteiger partial charge in [0.15, 0.2) is 0 Å². The van der Waals surface area contributed by atoms with Gasteiger partial charge in [0.05, 0.1) is 5.54 Å². The van der Waals surface area contributed by atoms with E-state index in [4.69, 9.17) is 0 Å². The molecular formula is C73H57BN4. The van der Waals surface area contributed by atoms with Gasteiger partial charge in [0, 0.05) is 63.3 Å². The molecule has 10 aromatic carbocycles. The fourth-order valence-corrected chi connectivity index (χ4v) is 14.0. The van der Waals surface area contributed by atoms with E-state index in [1.807, 2.05) is 12.4 Å². The Balaban J connectivity index is 1.04. The van der Waals surface area contributed by atoms with E-state index < -0.39 is 0 Å². The Bertz CT molecular complexity index is 4070. The smallest absolute Gasteiger partial charge is 0.252 e. The van der Waals surface area contributed by atoms with Crippen molar-refractivity contribution in [3.63, 3.8) is 0 Å². The van der Waals surface area contributed by atoms with Crippen LogP contribution in [0.15, 0.2) is 261 Å². The predicted molar refractivity (Wildman–Crippen MR) is 328 cm³/mol. The average molecular weight is 1000 g/mol. The van der Waals surface area contributed by atoms with Gasteiger partial charge in [-0.05, 0) is 170 Å². The number of hydrogen-bond donors (Lipinski definition) is 0. The summed E-state index contributed by atoms with van der Waals surface area (Å²) in [4.78, 5) is 12.4. The van der Waals surface area contributed by atoms with E-state index in [9.17, 15) is 0 Å².